The van der Waals surface area contributed by atoms with Crippen LogP contribution in [0.15, 0.2) is 53.4 Å². The molecule has 1 unspecified atom stereocenters. The molecule has 29 heavy (non-hydrogen) atoms. The number of hydrogen-bond acceptors (Lipinski definition) is 6. The van der Waals surface area contributed by atoms with E-state index in [9.17, 15) is 9.18 Å². The van der Waals surface area contributed by atoms with Crippen molar-refractivity contribution in [3.63, 3.8) is 0 Å². The van der Waals surface area contributed by atoms with Crippen LogP contribution in [0.25, 0.3) is 0 Å². The predicted molar refractivity (Wildman–Crippen MR) is 113 cm³/mol. The number of carbonyl (C=O) groups is 1. The number of thioether (sulfide) groups is 1. The first-order valence-corrected chi connectivity index (χ1v) is 11.2. The normalized spacial score (nSPS) is 16.1. The molecule has 0 aliphatic carbocycles. The summed E-state index contributed by atoms with van der Waals surface area (Å²) >= 11 is 2.96. The van der Waals surface area contributed by atoms with E-state index in [1.165, 1.54) is 23.5 Å². The van der Waals surface area contributed by atoms with Gasteiger partial charge in [-0.1, -0.05) is 35.6 Å². The van der Waals surface area contributed by atoms with E-state index < -0.39 is 0 Å². The van der Waals surface area contributed by atoms with Crippen LogP contribution in [0.1, 0.15) is 33.8 Å². The third kappa shape index (κ3) is 5.41. The van der Waals surface area contributed by atoms with Crippen LogP contribution in [0.2, 0.25) is 0 Å². The zero-order chi connectivity index (χ0) is 20.1. The molecule has 0 spiro atoms. The van der Waals surface area contributed by atoms with Gasteiger partial charge in [0, 0.05) is 23.7 Å². The minimum atomic E-state index is -0.269. The van der Waals surface area contributed by atoms with Crippen molar-refractivity contribution in [2.45, 2.75) is 30.3 Å². The van der Waals surface area contributed by atoms with Gasteiger partial charge >= 0.3 is 0 Å². The van der Waals surface area contributed by atoms with Gasteiger partial charge in [-0.05, 0) is 42.7 Å². The Bertz CT molecular complexity index is 972. The monoisotopic (exact) mass is 429 g/mol. The summed E-state index contributed by atoms with van der Waals surface area (Å²) in [5, 5.41) is 12.3. The number of halogens is 1. The largest absolute Gasteiger partial charge is 0.377 e. The maximum atomic E-state index is 13.0. The highest BCUT2D eigenvalue weighted by molar-refractivity contribution is 7.99. The van der Waals surface area contributed by atoms with E-state index in [0.717, 1.165) is 40.7 Å². The van der Waals surface area contributed by atoms with Gasteiger partial charge in [0.1, 0.15) is 10.8 Å². The second kappa shape index (κ2) is 9.47. The topological polar surface area (TPSA) is 64.1 Å². The zero-order valence-electron chi connectivity index (χ0n) is 15.6. The van der Waals surface area contributed by atoms with Crippen LogP contribution >= 0.6 is 23.1 Å². The lowest BCUT2D eigenvalue weighted by Crippen LogP contribution is -2.14. The van der Waals surface area contributed by atoms with Crippen molar-refractivity contribution in [3.05, 3.63) is 70.5 Å². The highest BCUT2D eigenvalue weighted by Crippen LogP contribution is 2.28. The van der Waals surface area contributed by atoms with Crippen LogP contribution in [0.5, 0.6) is 0 Å². The average molecular weight is 430 g/mol. The maximum absolute atomic E-state index is 13.0. The molecule has 1 aliphatic rings. The molecule has 2 aromatic carbocycles. The van der Waals surface area contributed by atoms with Crippen molar-refractivity contribution < 1.29 is 13.9 Å². The standard InChI is InChI=1S/C21H20FN3O2S2/c22-15-9-7-14(8-10-15)12-19-24-25-21(29-19)23-20(26)17-5-1-2-6-18(17)28-13-16-4-3-11-27-16/h1-2,5-10,16H,3-4,11-13H2,(H,23,25,26). The quantitative estimate of drug-likeness (QED) is 0.547. The number of nitrogens with zero attached hydrogens (tertiary/aromatic N) is 2. The molecule has 0 bridgehead atoms. The van der Waals surface area contributed by atoms with Crippen molar-refractivity contribution in [2.24, 2.45) is 0 Å². The summed E-state index contributed by atoms with van der Waals surface area (Å²) < 4.78 is 18.7. The van der Waals surface area contributed by atoms with E-state index in [-0.39, 0.29) is 17.8 Å². The first-order valence-electron chi connectivity index (χ1n) is 9.39. The zero-order valence-corrected chi connectivity index (χ0v) is 17.3. The Hall–Kier alpha value is -2.29. The minimum absolute atomic E-state index is 0.204. The highest BCUT2D eigenvalue weighted by Gasteiger charge is 2.18. The minimum Gasteiger partial charge on any atom is -0.377 e. The second-order valence-electron chi connectivity index (χ2n) is 6.70. The Kier molecular flexibility index (Phi) is 6.53. The molecule has 1 atom stereocenters. The molecule has 1 aromatic heterocycles. The number of nitrogens with one attached hydrogen (secondary N) is 1. The van der Waals surface area contributed by atoms with Gasteiger partial charge in [-0.2, -0.15) is 0 Å². The third-order valence-electron chi connectivity index (χ3n) is 4.54. The molecule has 1 N–H and O–H groups in total. The molecular weight excluding hydrogens is 409 g/mol. The third-order valence-corrected chi connectivity index (χ3v) is 6.58. The Balaban J connectivity index is 1.39. The summed E-state index contributed by atoms with van der Waals surface area (Å²) in [7, 11) is 0. The Morgan fingerprint density at radius 1 is 1.21 bits per heavy atom. The van der Waals surface area contributed by atoms with Crippen LogP contribution < -0.4 is 5.32 Å². The number of carbonyl (C=O) groups excluding carboxylic acids is 1. The molecule has 1 saturated heterocycles. The molecular formula is C21H20FN3O2S2. The Morgan fingerprint density at radius 2 is 2.03 bits per heavy atom. The second-order valence-corrected chi connectivity index (χ2v) is 8.82. The summed E-state index contributed by atoms with van der Waals surface area (Å²) in [6.45, 7) is 0.824. The number of ether oxygens (including phenoxy) is 1. The molecule has 2 heterocycles. The SMILES string of the molecule is O=C(Nc1nnc(Cc2ccc(F)cc2)s1)c1ccccc1SCC1CCCO1. The highest BCUT2D eigenvalue weighted by atomic mass is 32.2. The fourth-order valence-electron chi connectivity index (χ4n) is 3.06. The van der Waals surface area contributed by atoms with Gasteiger partial charge in [0.25, 0.3) is 5.91 Å². The summed E-state index contributed by atoms with van der Waals surface area (Å²) in [6.07, 6.45) is 2.98. The van der Waals surface area contributed by atoms with Gasteiger partial charge in [-0.15, -0.1) is 22.0 Å². The Labute approximate surface area is 176 Å². The van der Waals surface area contributed by atoms with Crippen molar-refractivity contribution >= 4 is 34.1 Å². The van der Waals surface area contributed by atoms with Crippen LogP contribution in [-0.4, -0.2) is 34.6 Å². The molecule has 150 valence electrons. The van der Waals surface area contributed by atoms with E-state index in [1.807, 2.05) is 24.3 Å². The smallest absolute Gasteiger partial charge is 0.258 e. The number of benzene rings is 2. The van der Waals surface area contributed by atoms with Crippen LogP contribution in [0, 0.1) is 5.82 Å². The number of hydrogen-bond donors (Lipinski definition) is 1. The summed E-state index contributed by atoms with van der Waals surface area (Å²) in [4.78, 5) is 13.7. The molecule has 4 rings (SSSR count). The molecule has 1 amide bonds. The van der Waals surface area contributed by atoms with E-state index in [2.05, 4.69) is 15.5 Å². The molecule has 0 saturated carbocycles. The number of aromatic nitrogens is 2. The van der Waals surface area contributed by atoms with Gasteiger partial charge < -0.3 is 4.74 Å². The van der Waals surface area contributed by atoms with Gasteiger partial charge in [0.2, 0.25) is 5.13 Å². The Morgan fingerprint density at radius 3 is 2.83 bits per heavy atom. The maximum Gasteiger partial charge on any atom is 0.258 e. The van der Waals surface area contributed by atoms with E-state index in [1.54, 1.807) is 23.9 Å². The fraction of sp³-hybridized carbons (Fsp3) is 0.286. The lowest BCUT2D eigenvalue weighted by molar-refractivity contribution is 0.102. The van der Waals surface area contributed by atoms with E-state index in [0.29, 0.717) is 17.1 Å². The van der Waals surface area contributed by atoms with Crippen LogP contribution in [0.4, 0.5) is 9.52 Å². The van der Waals surface area contributed by atoms with Crippen molar-refractivity contribution in [1.29, 1.82) is 0 Å². The van der Waals surface area contributed by atoms with Gasteiger partial charge in [-0.25, -0.2) is 4.39 Å². The van der Waals surface area contributed by atoms with E-state index >= 15 is 0 Å². The molecule has 0 radical (unpaired) electrons. The van der Waals surface area contributed by atoms with E-state index in [4.69, 9.17) is 4.74 Å². The first-order chi connectivity index (χ1) is 14.2. The van der Waals surface area contributed by atoms with Gasteiger partial charge in [0.15, 0.2) is 0 Å². The molecule has 5 nitrogen and oxygen atoms in total. The number of amides is 1. The van der Waals surface area contributed by atoms with Crippen molar-refractivity contribution in [3.8, 4) is 0 Å². The summed E-state index contributed by atoms with van der Waals surface area (Å²) in [5.74, 6) is 0.366. The summed E-state index contributed by atoms with van der Waals surface area (Å²) in [5.41, 5.74) is 1.56. The van der Waals surface area contributed by atoms with Crippen molar-refractivity contribution in [2.75, 3.05) is 17.7 Å². The molecule has 8 heteroatoms. The molecule has 1 fully saturated rings. The van der Waals surface area contributed by atoms with Gasteiger partial charge in [0.05, 0.1) is 11.7 Å². The fourth-order valence-corrected chi connectivity index (χ4v) is 4.94. The van der Waals surface area contributed by atoms with Crippen LogP contribution in [-0.2, 0) is 11.2 Å². The summed E-state index contributed by atoms with van der Waals surface area (Å²) in [6, 6.07) is 13.8. The molecule has 3 aromatic rings. The predicted octanol–water partition coefficient (Wildman–Crippen LogP) is 4.79. The van der Waals surface area contributed by atoms with Crippen LogP contribution in [0.3, 0.4) is 0 Å². The van der Waals surface area contributed by atoms with Gasteiger partial charge in [-0.3, -0.25) is 10.1 Å². The van der Waals surface area contributed by atoms with Crippen molar-refractivity contribution in [1.82, 2.24) is 10.2 Å². The first kappa shape index (κ1) is 20.0. The molecule has 1 aliphatic heterocycles. The average Bonchev–Trinajstić information content (AvgIpc) is 3.40. The number of anilines is 1. The number of rotatable bonds is 7. The lowest BCUT2D eigenvalue weighted by atomic mass is 10.2. The lowest BCUT2D eigenvalue weighted by Gasteiger charge is -2.11.